The molecule has 82 valence electrons. The zero-order chi connectivity index (χ0) is 11.4. The Labute approximate surface area is 95.8 Å². The highest BCUT2D eigenvalue weighted by molar-refractivity contribution is 5.72. The summed E-state index contributed by atoms with van der Waals surface area (Å²) in [5, 5.41) is 18.0. The van der Waals surface area contributed by atoms with E-state index < -0.39 is 0 Å². The topological polar surface area (TPSA) is 44.0 Å². The van der Waals surface area contributed by atoms with Crippen LogP contribution in [-0.4, -0.2) is 5.11 Å². The molecule has 16 heavy (non-hydrogen) atoms. The Balaban J connectivity index is 2.35. The minimum absolute atomic E-state index is 0.0738. The molecule has 0 fully saturated rings. The zero-order valence-electron chi connectivity index (χ0n) is 9.24. The molecule has 2 rings (SSSR count). The molecule has 0 saturated heterocycles. The molecule has 0 bridgehead atoms. The van der Waals surface area contributed by atoms with Gasteiger partial charge >= 0.3 is 0 Å². The van der Waals surface area contributed by atoms with Crippen LogP contribution in [0, 0.1) is 11.3 Å². The van der Waals surface area contributed by atoms with E-state index in [0.717, 1.165) is 36.0 Å². The van der Waals surface area contributed by atoms with Crippen LogP contribution in [0.25, 0.3) is 5.57 Å². The van der Waals surface area contributed by atoms with Crippen LogP contribution in [0.1, 0.15) is 36.8 Å². The molecule has 0 aromatic heterocycles. The molecule has 0 spiro atoms. The van der Waals surface area contributed by atoms with Crippen molar-refractivity contribution in [3.05, 3.63) is 41.0 Å². The summed E-state index contributed by atoms with van der Waals surface area (Å²) in [5.74, 6) is 0. The number of nitrogens with zero attached hydrogens (tertiary/aromatic N) is 1. The summed E-state index contributed by atoms with van der Waals surface area (Å²) in [4.78, 5) is 0. The summed E-state index contributed by atoms with van der Waals surface area (Å²) in [5.41, 5.74) is 4.17. The third-order valence-electron chi connectivity index (χ3n) is 3.09. The number of nitriles is 1. The van der Waals surface area contributed by atoms with Crippen molar-refractivity contribution >= 4 is 5.57 Å². The van der Waals surface area contributed by atoms with Crippen LogP contribution in [0.15, 0.2) is 29.8 Å². The van der Waals surface area contributed by atoms with Crippen molar-refractivity contribution in [1.29, 1.82) is 5.26 Å². The minimum atomic E-state index is 0.0738. The first-order valence-corrected chi connectivity index (χ1v) is 5.67. The molecule has 1 N–H and O–H groups in total. The van der Waals surface area contributed by atoms with Crippen LogP contribution in [-0.2, 0) is 6.61 Å². The van der Waals surface area contributed by atoms with Crippen molar-refractivity contribution in [3.63, 3.8) is 0 Å². The number of rotatable bonds is 2. The van der Waals surface area contributed by atoms with Crippen LogP contribution in [0.4, 0.5) is 0 Å². The minimum Gasteiger partial charge on any atom is -0.392 e. The molecular weight excluding hydrogens is 198 g/mol. The molecule has 1 aromatic rings. The second kappa shape index (κ2) is 4.96. The molecule has 1 aromatic carbocycles. The van der Waals surface area contributed by atoms with E-state index in [2.05, 4.69) is 6.07 Å². The van der Waals surface area contributed by atoms with E-state index in [1.54, 1.807) is 0 Å². The highest BCUT2D eigenvalue weighted by atomic mass is 16.3. The fraction of sp³-hybridized carbons (Fsp3) is 0.357. The van der Waals surface area contributed by atoms with Gasteiger partial charge in [-0.05, 0) is 42.4 Å². The van der Waals surface area contributed by atoms with Crippen molar-refractivity contribution in [3.8, 4) is 6.07 Å². The van der Waals surface area contributed by atoms with Gasteiger partial charge in [0, 0.05) is 5.57 Å². The first-order chi connectivity index (χ1) is 7.85. The number of hydrogen-bond acceptors (Lipinski definition) is 2. The van der Waals surface area contributed by atoms with Gasteiger partial charge < -0.3 is 5.11 Å². The van der Waals surface area contributed by atoms with Gasteiger partial charge in [-0.3, -0.25) is 0 Å². The Bertz CT molecular complexity index is 437. The fourth-order valence-electron chi connectivity index (χ4n) is 2.16. The largest absolute Gasteiger partial charge is 0.392 e. The van der Waals surface area contributed by atoms with Gasteiger partial charge in [0.1, 0.15) is 0 Å². The van der Waals surface area contributed by atoms with Crippen LogP contribution in [0.2, 0.25) is 0 Å². The van der Waals surface area contributed by atoms with Gasteiger partial charge in [0.05, 0.1) is 12.7 Å². The monoisotopic (exact) mass is 213 g/mol. The maximum atomic E-state index is 9.08. The van der Waals surface area contributed by atoms with E-state index in [0.29, 0.717) is 0 Å². The summed E-state index contributed by atoms with van der Waals surface area (Å²) >= 11 is 0. The van der Waals surface area contributed by atoms with Gasteiger partial charge in [0.15, 0.2) is 0 Å². The molecule has 2 nitrogen and oxygen atoms in total. The lowest BCUT2D eigenvalue weighted by molar-refractivity contribution is 0.282. The Kier molecular flexibility index (Phi) is 3.38. The fourth-order valence-corrected chi connectivity index (χ4v) is 2.16. The number of aliphatic hydroxyl groups is 1. The standard InChI is InChI=1S/C14H15NO/c15-9-13-3-1-2-4-14(13)12-7-5-11(10-16)6-8-12/h5-8,16H,1-4,10H2. The maximum absolute atomic E-state index is 9.08. The predicted molar refractivity (Wildman–Crippen MR) is 63.4 cm³/mol. The van der Waals surface area contributed by atoms with Crippen molar-refractivity contribution in [2.75, 3.05) is 0 Å². The lowest BCUT2D eigenvalue weighted by Crippen LogP contribution is -1.98. The molecule has 0 unspecified atom stereocenters. The number of aliphatic hydroxyl groups excluding tert-OH is 1. The molecule has 1 aliphatic carbocycles. The summed E-state index contributed by atoms with van der Waals surface area (Å²) in [7, 11) is 0. The quantitative estimate of drug-likeness (QED) is 0.820. The first-order valence-electron chi connectivity index (χ1n) is 5.67. The van der Waals surface area contributed by atoms with Gasteiger partial charge in [0.25, 0.3) is 0 Å². The van der Waals surface area contributed by atoms with Crippen LogP contribution in [0.5, 0.6) is 0 Å². The lowest BCUT2D eigenvalue weighted by Gasteiger charge is -2.16. The third kappa shape index (κ3) is 2.15. The molecule has 0 saturated carbocycles. The summed E-state index contributed by atoms with van der Waals surface area (Å²) in [6.45, 7) is 0.0738. The van der Waals surface area contributed by atoms with E-state index in [1.165, 1.54) is 12.0 Å². The van der Waals surface area contributed by atoms with Crippen molar-refractivity contribution in [2.45, 2.75) is 32.3 Å². The number of allylic oxidation sites excluding steroid dienone is 2. The van der Waals surface area contributed by atoms with Gasteiger partial charge in [-0.25, -0.2) is 0 Å². The Morgan fingerprint density at radius 2 is 1.81 bits per heavy atom. The number of hydrogen-bond donors (Lipinski definition) is 1. The van der Waals surface area contributed by atoms with Gasteiger partial charge in [-0.15, -0.1) is 0 Å². The summed E-state index contributed by atoms with van der Waals surface area (Å²) in [6.07, 6.45) is 4.21. The first kappa shape index (κ1) is 10.9. The zero-order valence-corrected chi connectivity index (χ0v) is 9.24. The van der Waals surface area contributed by atoms with Crippen molar-refractivity contribution < 1.29 is 5.11 Å². The van der Waals surface area contributed by atoms with Crippen molar-refractivity contribution in [2.24, 2.45) is 0 Å². The molecule has 0 heterocycles. The predicted octanol–water partition coefficient (Wildman–Crippen LogP) is 3.03. The van der Waals surface area contributed by atoms with E-state index in [9.17, 15) is 0 Å². The molecule has 2 heteroatoms. The molecular formula is C14H15NO. The van der Waals surface area contributed by atoms with E-state index in [1.807, 2.05) is 24.3 Å². The average molecular weight is 213 g/mol. The van der Waals surface area contributed by atoms with Crippen LogP contribution in [0.3, 0.4) is 0 Å². The second-order valence-electron chi connectivity index (χ2n) is 4.13. The SMILES string of the molecule is N#CC1=C(c2ccc(CO)cc2)CCCC1. The third-order valence-corrected chi connectivity index (χ3v) is 3.09. The Morgan fingerprint density at radius 3 is 2.44 bits per heavy atom. The normalized spacial score (nSPS) is 16.0. The molecule has 0 radical (unpaired) electrons. The van der Waals surface area contributed by atoms with Gasteiger partial charge in [0.2, 0.25) is 0 Å². The summed E-state index contributed by atoms with van der Waals surface area (Å²) < 4.78 is 0. The second-order valence-corrected chi connectivity index (χ2v) is 4.13. The Morgan fingerprint density at radius 1 is 1.12 bits per heavy atom. The van der Waals surface area contributed by atoms with E-state index in [-0.39, 0.29) is 6.61 Å². The van der Waals surface area contributed by atoms with Crippen LogP contribution >= 0.6 is 0 Å². The average Bonchev–Trinajstić information content (AvgIpc) is 2.39. The smallest absolute Gasteiger partial charge is 0.0950 e. The summed E-state index contributed by atoms with van der Waals surface area (Å²) in [6, 6.07) is 10.2. The van der Waals surface area contributed by atoms with E-state index >= 15 is 0 Å². The van der Waals surface area contributed by atoms with Crippen LogP contribution < -0.4 is 0 Å². The molecule has 1 aliphatic rings. The Hall–Kier alpha value is -1.59. The molecule has 0 aliphatic heterocycles. The van der Waals surface area contributed by atoms with Crippen molar-refractivity contribution in [1.82, 2.24) is 0 Å². The molecule has 0 atom stereocenters. The molecule has 0 amide bonds. The van der Waals surface area contributed by atoms with E-state index in [4.69, 9.17) is 10.4 Å². The highest BCUT2D eigenvalue weighted by Gasteiger charge is 2.13. The lowest BCUT2D eigenvalue weighted by atomic mass is 9.88. The van der Waals surface area contributed by atoms with Gasteiger partial charge in [-0.1, -0.05) is 24.3 Å². The number of benzene rings is 1. The highest BCUT2D eigenvalue weighted by Crippen LogP contribution is 2.31. The maximum Gasteiger partial charge on any atom is 0.0950 e. The van der Waals surface area contributed by atoms with Gasteiger partial charge in [-0.2, -0.15) is 5.26 Å².